The molecule has 3 rings (SSSR count). The third-order valence-electron chi connectivity index (χ3n) is 5.89. The van der Waals surface area contributed by atoms with Crippen LogP contribution in [0.2, 0.25) is 0 Å². The standard InChI is InChI=1S/C17H24O4/c1-9(20-11(3)18)5-6-13-14-7-12-10(2)16(19)21-15(12)8-17(13,14)4/h9,12-15H,2,5-8H2,1,3-4H3/t9?,12-,13?,14+,15-,17-/m1/s1. The van der Waals surface area contributed by atoms with Gasteiger partial charge in [0.05, 0.1) is 6.10 Å². The predicted octanol–water partition coefficient (Wildman–Crippen LogP) is 2.86. The Bertz CT molecular complexity index is 497. The number of ether oxygens (including phenoxy) is 2. The molecule has 0 spiro atoms. The van der Waals surface area contributed by atoms with Crippen LogP contribution in [-0.2, 0) is 19.1 Å². The summed E-state index contributed by atoms with van der Waals surface area (Å²) in [6.45, 7) is 9.61. The average Bonchev–Trinajstić information content (AvgIpc) is 2.86. The molecular formula is C17H24O4. The van der Waals surface area contributed by atoms with Gasteiger partial charge < -0.3 is 9.47 Å². The summed E-state index contributed by atoms with van der Waals surface area (Å²) in [5.74, 6) is 1.14. The van der Waals surface area contributed by atoms with Crippen LogP contribution >= 0.6 is 0 Å². The largest absolute Gasteiger partial charge is 0.463 e. The van der Waals surface area contributed by atoms with E-state index in [4.69, 9.17) is 9.47 Å². The van der Waals surface area contributed by atoms with E-state index in [1.165, 1.54) is 6.92 Å². The molecule has 2 unspecified atom stereocenters. The van der Waals surface area contributed by atoms with Crippen LogP contribution in [0.15, 0.2) is 12.2 Å². The van der Waals surface area contributed by atoms with Crippen molar-refractivity contribution in [3.63, 3.8) is 0 Å². The molecule has 4 nitrogen and oxygen atoms in total. The van der Waals surface area contributed by atoms with E-state index in [-0.39, 0.29) is 30.1 Å². The maximum Gasteiger partial charge on any atom is 0.334 e. The van der Waals surface area contributed by atoms with Crippen molar-refractivity contribution < 1.29 is 19.1 Å². The number of esters is 2. The maximum atomic E-state index is 11.6. The average molecular weight is 292 g/mol. The third-order valence-corrected chi connectivity index (χ3v) is 5.89. The fraction of sp³-hybridized carbons (Fsp3) is 0.765. The van der Waals surface area contributed by atoms with Crippen molar-refractivity contribution in [2.24, 2.45) is 23.2 Å². The molecule has 0 radical (unpaired) electrons. The molecule has 6 atom stereocenters. The molecule has 116 valence electrons. The first-order valence-electron chi connectivity index (χ1n) is 7.90. The van der Waals surface area contributed by atoms with Crippen LogP contribution in [-0.4, -0.2) is 24.1 Å². The Kier molecular flexibility index (Phi) is 3.38. The molecule has 3 fully saturated rings. The van der Waals surface area contributed by atoms with Crippen LogP contribution in [0.1, 0.15) is 46.5 Å². The molecule has 0 amide bonds. The summed E-state index contributed by atoms with van der Waals surface area (Å²) in [5, 5.41) is 0. The van der Waals surface area contributed by atoms with Crippen LogP contribution in [0.25, 0.3) is 0 Å². The Balaban J connectivity index is 1.56. The summed E-state index contributed by atoms with van der Waals surface area (Å²) in [6, 6.07) is 0. The summed E-state index contributed by atoms with van der Waals surface area (Å²) >= 11 is 0. The lowest BCUT2D eigenvalue weighted by molar-refractivity contribution is -0.145. The molecule has 21 heavy (non-hydrogen) atoms. The number of carbonyl (C=O) groups excluding carboxylic acids is 2. The second kappa shape index (κ2) is 4.85. The van der Waals surface area contributed by atoms with E-state index in [0.29, 0.717) is 22.8 Å². The van der Waals surface area contributed by atoms with E-state index in [9.17, 15) is 9.59 Å². The Morgan fingerprint density at radius 2 is 2.29 bits per heavy atom. The fourth-order valence-electron chi connectivity index (χ4n) is 4.64. The van der Waals surface area contributed by atoms with Crippen molar-refractivity contribution in [3.05, 3.63) is 12.2 Å². The molecule has 0 aromatic rings. The zero-order valence-electron chi connectivity index (χ0n) is 13.1. The van der Waals surface area contributed by atoms with Crippen LogP contribution < -0.4 is 0 Å². The Morgan fingerprint density at radius 1 is 1.57 bits per heavy atom. The van der Waals surface area contributed by atoms with Crippen molar-refractivity contribution in [1.82, 2.24) is 0 Å². The van der Waals surface area contributed by atoms with Gasteiger partial charge in [0.2, 0.25) is 0 Å². The van der Waals surface area contributed by atoms with E-state index < -0.39 is 0 Å². The van der Waals surface area contributed by atoms with E-state index in [1.807, 2.05) is 6.92 Å². The normalized spacial score (nSPS) is 41.9. The molecule has 0 aromatic heterocycles. The Labute approximate surface area is 125 Å². The lowest BCUT2D eigenvalue weighted by atomic mass is 9.79. The summed E-state index contributed by atoms with van der Waals surface area (Å²) < 4.78 is 10.7. The number of rotatable bonds is 4. The second-order valence-corrected chi connectivity index (χ2v) is 7.23. The molecule has 2 saturated carbocycles. The van der Waals surface area contributed by atoms with Gasteiger partial charge >= 0.3 is 11.9 Å². The summed E-state index contributed by atoms with van der Waals surface area (Å²) in [4.78, 5) is 22.5. The van der Waals surface area contributed by atoms with Gasteiger partial charge in [-0.05, 0) is 49.9 Å². The van der Waals surface area contributed by atoms with Gasteiger partial charge in [0, 0.05) is 18.4 Å². The molecule has 1 aliphatic heterocycles. The first-order valence-corrected chi connectivity index (χ1v) is 7.90. The number of fused-ring (bicyclic) bond motifs is 2. The SMILES string of the molecule is C=C1C(=O)O[C@@H]2C[C@]3(C)C(CCC(C)OC(C)=O)[C@@H]3C[C@H]12. The minimum atomic E-state index is -0.209. The summed E-state index contributed by atoms with van der Waals surface area (Å²) in [6.07, 6.45) is 4.00. The number of hydrogen-bond donors (Lipinski definition) is 0. The highest BCUT2D eigenvalue weighted by molar-refractivity contribution is 5.90. The van der Waals surface area contributed by atoms with Crippen LogP contribution in [0, 0.1) is 23.2 Å². The van der Waals surface area contributed by atoms with Gasteiger partial charge in [0.1, 0.15) is 6.10 Å². The van der Waals surface area contributed by atoms with Crippen LogP contribution in [0.5, 0.6) is 0 Å². The summed E-state index contributed by atoms with van der Waals surface area (Å²) in [7, 11) is 0. The third kappa shape index (κ3) is 2.39. The van der Waals surface area contributed by atoms with Gasteiger partial charge in [-0.25, -0.2) is 4.79 Å². The van der Waals surface area contributed by atoms with Crippen LogP contribution in [0.4, 0.5) is 0 Å². The zero-order valence-corrected chi connectivity index (χ0v) is 13.1. The molecular weight excluding hydrogens is 268 g/mol. The zero-order chi connectivity index (χ0) is 15.4. The van der Waals surface area contributed by atoms with Crippen molar-refractivity contribution in [3.8, 4) is 0 Å². The highest BCUT2D eigenvalue weighted by atomic mass is 16.6. The molecule has 0 bridgehead atoms. The molecule has 3 aliphatic rings. The molecule has 0 aromatic carbocycles. The monoisotopic (exact) mass is 292 g/mol. The van der Waals surface area contributed by atoms with E-state index in [1.54, 1.807) is 0 Å². The quantitative estimate of drug-likeness (QED) is 0.590. The smallest absolute Gasteiger partial charge is 0.334 e. The predicted molar refractivity (Wildman–Crippen MR) is 77.3 cm³/mol. The van der Waals surface area contributed by atoms with Crippen molar-refractivity contribution in [2.75, 3.05) is 0 Å². The molecule has 1 saturated heterocycles. The van der Waals surface area contributed by atoms with Crippen molar-refractivity contribution in [2.45, 2.75) is 58.7 Å². The van der Waals surface area contributed by atoms with Gasteiger partial charge in [-0.2, -0.15) is 0 Å². The second-order valence-electron chi connectivity index (χ2n) is 7.23. The minimum absolute atomic E-state index is 0.0129. The van der Waals surface area contributed by atoms with Crippen LogP contribution in [0.3, 0.4) is 0 Å². The highest BCUT2D eigenvalue weighted by Crippen LogP contribution is 2.70. The van der Waals surface area contributed by atoms with E-state index in [2.05, 4.69) is 13.5 Å². The van der Waals surface area contributed by atoms with Crippen molar-refractivity contribution in [1.29, 1.82) is 0 Å². The molecule has 0 N–H and O–H groups in total. The number of hydrogen-bond acceptors (Lipinski definition) is 4. The van der Waals surface area contributed by atoms with Gasteiger partial charge in [-0.1, -0.05) is 13.5 Å². The molecule has 2 aliphatic carbocycles. The Hall–Kier alpha value is -1.32. The summed E-state index contributed by atoms with van der Waals surface area (Å²) in [5.41, 5.74) is 0.961. The highest BCUT2D eigenvalue weighted by Gasteiger charge is 2.66. The topological polar surface area (TPSA) is 52.6 Å². The van der Waals surface area contributed by atoms with E-state index >= 15 is 0 Å². The van der Waals surface area contributed by atoms with Gasteiger partial charge in [-0.15, -0.1) is 0 Å². The van der Waals surface area contributed by atoms with Gasteiger partial charge in [0.25, 0.3) is 0 Å². The van der Waals surface area contributed by atoms with Gasteiger partial charge in [0.15, 0.2) is 0 Å². The van der Waals surface area contributed by atoms with Crippen molar-refractivity contribution >= 4 is 11.9 Å². The lowest BCUT2D eigenvalue weighted by Gasteiger charge is -2.27. The maximum absolute atomic E-state index is 11.6. The first kappa shape index (κ1) is 14.6. The minimum Gasteiger partial charge on any atom is -0.463 e. The van der Waals surface area contributed by atoms with Gasteiger partial charge in [-0.3, -0.25) is 4.79 Å². The molecule has 1 heterocycles. The lowest BCUT2D eigenvalue weighted by Crippen LogP contribution is -2.26. The Morgan fingerprint density at radius 3 is 2.95 bits per heavy atom. The van der Waals surface area contributed by atoms with E-state index in [0.717, 1.165) is 25.7 Å². The fourth-order valence-corrected chi connectivity index (χ4v) is 4.64. The first-order chi connectivity index (χ1) is 9.83. The molecule has 4 heteroatoms. The number of carbonyl (C=O) groups is 2.